The number of hydrogen-bond acceptors (Lipinski definition) is 2. The van der Waals surface area contributed by atoms with Crippen molar-refractivity contribution < 1.29 is 0 Å². The van der Waals surface area contributed by atoms with Crippen molar-refractivity contribution in [3.8, 4) is 0 Å². The monoisotopic (exact) mass is 184 g/mol. The molecule has 2 N–H and O–H groups in total. The molecule has 0 aliphatic rings. The molecule has 0 aliphatic carbocycles. The Kier molecular flexibility index (Phi) is 2.29. The molecule has 2 rings (SSSR count). The summed E-state index contributed by atoms with van der Waals surface area (Å²) in [6.07, 6.45) is 3.51. The van der Waals surface area contributed by atoms with Crippen LogP contribution in [0, 0.1) is 0 Å². The molecular weight excluding hydrogens is 172 g/mol. The Morgan fingerprint density at radius 2 is 2.07 bits per heavy atom. The van der Waals surface area contributed by atoms with E-state index in [1.165, 1.54) is 0 Å². The van der Waals surface area contributed by atoms with Crippen LogP contribution in [0.15, 0.2) is 49.2 Å². The lowest BCUT2D eigenvalue weighted by molar-refractivity contribution is 0.921. The number of nitrogens with two attached hydrogens (primary N) is 1. The van der Waals surface area contributed by atoms with E-state index in [1.807, 2.05) is 30.3 Å². The first-order chi connectivity index (χ1) is 6.83. The molecule has 2 heteroatoms. The number of rotatable bonds is 2. The van der Waals surface area contributed by atoms with Gasteiger partial charge in [-0.2, -0.15) is 0 Å². The van der Waals surface area contributed by atoms with Crippen molar-refractivity contribution in [3.63, 3.8) is 0 Å². The average Bonchev–Trinajstić information content (AvgIpc) is 2.27. The van der Waals surface area contributed by atoms with E-state index in [0.717, 1.165) is 16.5 Å². The molecule has 1 atom stereocenters. The predicted molar refractivity (Wildman–Crippen MR) is 58.9 cm³/mol. The van der Waals surface area contributed by atoms with E-state index in [2.05, 4.69) is 11.6 Å². The highest BCUT2D eigenvalue weighted by Crippen LogP contribution is 2.21. The van der Waals surface area contributed by atoms with E-state index in [-0.39, 0.29) is 6.04 Å². The number of hydrogen-bond donors (Lipinski definition) is 1. The first-order valence-electron chi connectivity index (χ1n) is 4.54. The Balaban J connectivity index is 2.70. The summed E-state index contributed by atoms with van der Waals surface area (Å²) in [5.41, 5.74) is 7.89. The summed E-state index contributed by atoms with van der Waals surface area (Å²) in [6, 6.07) is 9.81. The summed E-state index contributed by atoms with van der Waals surface area (Å²) in [5, 5.41) is 1.11. The van der Waals surface area contributed by atoms with Crippen LogP contribution in [-0.4, -0.2) is 4.98 Å². The maximum absolute atomic E-state index is 5.90. The van der Waals surface area contributed by atoms with Gasteiger partial charge >= 0.3 is 0 Å². The molecule has 0 bridgehead atoms. The Morgan fingerprint density at radius 3 is 2.86 bits per heavy atom. The van der Waals surface area contributed by atoms with Gasteiger partial charge in [0.2, 0.25) is 0 Å². The standard InChI is InChI=1S/C12H12N2/c1-2-11(13)10-7-3-5-9-6-4-8-14-12(9)10/h2-8,11H,1,13H2. The zero-order chi connectivity index (χ0) is 9.97. The number of para-hydroxylation sites is 1. The molecule has 1 aromatic heterocycles. The summed E-state index contributed by atoms with van der Waals surface area (Å²) in [7, 11) is 0. The van der Waals surface area contributed by atoms with Gasteiger partial charge in [0.15, 0.2) is 0 Å². The third kappa shape index (κ3) is 1.40. The van der Waals surface area contributed by atoms with Crippen LogP contribution in [0.1, 0.15) is 11.6 Å². The van der Waals surface area contributed by atoms with Crippen LogP contribution in [0.5, 0.6) is 0 Å². The lowest BCUT2D eigenvalue weighted by Crippen LogP contribution is -2.07. The number of fused-ring (bicyclic) bond motifs is 1. The molecule has 0 aliphatic heterocycles. The fraction of sp³-hybridized carbons (Fsp3) is 0.0833. The average molecular weight is 184 g/mol. The normalized spacial score (nSPS) is 12.6. The van der Waals surface area contributed by atoms with E-state index < -0.39 is 0 Å². The second-order valence-electron chi connectivity index (χ2n) is 3.18. The maximum atomic E-state index is 5.90. The van der Waals surface area contributed by atoms with Crippen LogP contribution in [-0.2, 0) is 0 Å². The number of nitrogens with zero attached hydrogens (tertiary/aromatic N) is 1. The SMILES string of the molecule is C=CC(N)c1cccc2cccnc12. The van der Waals surface area contributed by atoms with Gasteiger partial charge in [-0.3, -0.25) is 4.98 Å². The maximum Gasteiger partial charge on any atom is 0.0752 e. The Labute approximate surface area is 83.1 Å². The molecule has 70 valence electrons. The summed E-state index contributed by atoms with van der Waals surface area (Å²) in [5.74, 6) is 0. The van der Waals surface area contributed by atoms with Gasteiger partial charge in [-0.1, -0.05) is 30.3 Å². The molecule has 2 nitrogen and oxygen atoms in total. The van der Waals surface area contributed by atoms with Gasteiger partial charge < -0.3 is 5.73 Å². The van der Waals surface area contributed by atoms with Crippen LogP contribution in [0.3, 0.4) is 0 Å². The highest BCUT2D eigenvalue weighted by Gasteiger charge is 2.06. The van der Waals surface area contributed by atoms with Crippen molar-refractivity contribution in [1.82, 2.24) is 4.98 Å². The first-order valence-corrected chi connectivity index (χ1v) is 4.54. The highest BCUT2D eigenvalue weighted by molar-refractivity contribution is 5.82. The van der Waals surface area contributed by atoms with Crippen LogP contribution in [0.4, 0.5) is 0 Å². The van der Waals surface area contributed by atoms with E-state index in [4.69, 9.17) is 5.73 Å². The van der Waals surface area contributed by atoms with Gasteiger partial charge in [0.1, 0.15) is 0 Å². The van der Waals surface area contributed by atoms with Gasteiger partial charge in [0, 0.05) is 17.6 Å². The molecule has 0 saturated heterocycles. The molecule has 0 radical (unpaired) electrons. The van der Waals surface area contributed by atoms with E-state index in [0.29, 0.717) is 0 Å². The molecule has 0 spiro atoms. The smallest absolute Gasteiger partial charge is 0.0752 e. The van der Waals surface area contributed by atoms with E-state index in [9.17, 15) is 0 Å². The number of pyridine rings is 1. The predicted octanol–water partition coefficient (Wildman–Crippen LogP) is 2.42. The zero-order valence-corrected chi connectivity index (χ0v) is 7.85. The molecule has 1 heterocycles. The van der Waals surface area contributed by atoms with Gasteiger partial charge in [-0.05, 0) is 11.6 Å². The molecule has 0 saturated carbocycles. The second kappa shape index (κ2) is 3.60. The zero-order valence-electron chi connectivity index (χ0n) is 7.85. The molecule has 1 aromatic carbocycles. The van der Waals surface area contributed by atoms with Crippen LogP contribution >= 0.6 is 0 Å². The van der Waals surface area contributed by atoms with Crippen LogP contribution in [0.25, 0.3) is 10.9 Å². The summed E-state index contributed by atoms with van der Waals surface area (Å²) < 4.78 is 0. The van der Waals surface area contributed by atoms with Gasteiger partial charge in [0.25, 0.3) is 0 Å². The third-order valence-electron chi connectivity index (χ3n) is 2.28. The Hall–Kier alpha value is -1.67. The van der Waals surface area contributed by atoms with Gasteiger partial charge in [0.05, 0.1) is 5.52 Å². The van der Waals surface area contributed by atoms with Crippen molar-refractivity contribution in [3.05, 3.63) is 54.7 Å². The minimum atomic E-state index is -0.145. The summed E-state index contributed by atoms with van der Waals surface area (Å²) in [6.45, 7) is 3.69. The van der Waals surface area contributed by atoms with Gasteiger partial charge in [-0.15, -0.1) is 6.58 Å². The van der Waals surface area contributed by atoms with Gasteiger partial charge in [-0.25, -0.2) is 0 Å². The lowest BCUT2D eigenvalue weighted by atomic mass is 10.0. The fourth-order valence-corrected chi connectivity index (χ4v) is 1.52. The molecule has 1 unspecified atom stereocenters. The summed E-state index contributed by atoms with van der Waals surface area (Å²) in [4.78, 5) is 4.32. The molecule has 0 amide bonds. The lowest BCUT2D eigenvalue weighted by Gasteiger charge is -2.08. The van der Waals surface area contributed by atoms with Crippen LogP contribution < -0.4 is 5.73 Å². The quantitative estimate of drug-likeness (QED) is 0.728. The van der Waals surface area contributed by atoms with E-state index >= 15 is 0 Å². The molecule has 2 aromatic rings. The van der Waals surface area contributed by atoms with Crippen molar-refractivity contribution in [2.24, 2.45) is 5.73 Å². The molecular formula is C12H12N2. The minimum absolute atomic E-state index is 0.145. The van der Waals surface area contributed by atoms with Crippen molar-refractivity contribution in [2.75, 3.05) is 0 Å². The van der Waals surface area contributed by atoms with E-state index in [1.54, 1.807) is 12.3 Å². The van der Waals surface area contributed by atoms with Crippen molar-refractivity contribution in [1.29, 1.82) is 0 Å². The highest BCUT2D eigenvalue weighted by atomic mass is 14.7. The van der Waals surface area contributed by atoms with Crippen molar-refractivity contribution in [2.45, 2.75) is 6.04 Å². The first kappa shape index (κ1) is 8.91. The topological polar surface area (TPSA) is 38.9 Å². The third-order valence-corrected chi connectivity index (χ3v) is 2.28. The largest absolute Gasteiger partial charge is 0.321 e. The fourth-order valence-electron chi connectivity index (χ4n) is 1.52. The number of aromatic nitrogens is 1. The second-order valence-corrected chi connectivity index (χ2v) is 3.18. The molecule has 0 fully saturated rings. The van der Waals surface area contributed by atoms with Crippen molar-refractivity contribution >= 4 is 10.9 Å². The Morgan fingerprint density at radius 1 is 1.29 bits per heavy atom. The summed E-state index contributed by atoms with van der Waals surface area (Å²) >= 11 is 0. The minimum Gasteiger partial charge on any atom is -0.321 e. The molecule has 14 heavy (non-hydrogen) atoms. The van der Waals surface area contributed by atoms with Crippen LogP contribution in [0.2, 0.25) is 0 Å². The Bertz CT molecular complexity index is 457. The number of benzene rings is 1.